The van der Waals surface area contributed by atoms with Gasteiger partial charge < -0.3 is 4.74 Å². The van der Waals surface area contributed by atoms with Crippen molar-refractivity contribution in [3.63, 3.8) is 0 Å². The SMILES string of the molecule is CCOC(=O)[C@H]1CCCN(Cc2ccc(C)cc2)C1. The van der Waals surface area contributed by atoms with Crippen LogP contribution in [0.1, 0.15) is 30.9 Å². The summed E-state index contributed by atoms with van der Waals surface area (Å²) in [5.74, 6) is 0.0234. The summed E-state index contributed by atoms with van der Waals surface area (Å²) in [5, 5.41) is 0. The molecule has 0 bridgehead atoms. The summed E-state index contributed by atoms with van der Waals surface area (Å²) in [7, 11) is 0. The highest BCUT2D eigenvalue weighted by Crippen LogP contribution is 2.20. The Morgan fingerprint density at radius 2 is 2.11 bits per heavy atom. The lowest BCUT2D eigenvalue weighted by atomic mass is 9.97. The van der Waals surface area contributed by atoms with Gasteiger partial charge in [0, 0.05) is 13.1 Å². The molecule has 19 heavy (non-hydrogen) atoms. The first-order chi connectivity index (χ1) is 9.19. The van der Waals surface area contributed by atoms with Crippen molar-refractivity contribution in [3.8, 4) is 0 Å². The first-order valence-corrected chi connectivity index (χ1v) is 7.13. The van der Waals surface area contributed by atoms with E-state index in [9.17, 15) is 4.79 Å². The maximum Gasteiger partial charge on any atom is 0.310 e. The number of carbonyl (C=O) groups is 1. The van der Waals surface area contributed by atoms with E-state index in [1.165, 1.54) is 11.1 Å². The smallest absolute Gasteiger partial charge is 0.310 e. The quantitative estimate of drug-likeness (QED) is 0.781. The van der Waals surface area contributed by atoms with E-state index in [2.05, 4.69) is 36.1 Å². The summed E-state index contributed by atoms with van der Waals surface area (Å²) in [6.45, 7) is 7.27. The molecule has 0 spiro atoms. The highest BCUT2D eigenvalue weighted by molar-refractivity contribution is 5.72. The van der Waals surface area contributed by atoms with Gasteiger partial charge in [0.25, 0.3) is 0 Å². The van der Waals surface area contributed by atoms with Crippen LogP contribution in [-0.2, 0) is 16.1 Å². The Morgan fingerprint density at radius 3 is 2.79 bits per heavy atom. The minimum absolute atomic E-state index is 0.0314. The van der Waals surface area contributed by atoms with Crippen molar-refractivity contribution in [3.05, 3.63) is 35.4 Å². The van der Waals surface area contributed by atoms with E-state index < -0.39 is 0 Å². The maximum absolute atomic E-state index is 11.8. The molecular formula is C16H23NO2. The Hall–Kier alpha value is -1.35. The molecule has 0 N–H and O–H groups in total. The van der Waals surface area contributed by atoms with Crippen LogP contribution in [0.15, 0.2) is 24.3 Å². The van der Waals surface area contributed by atoms with E-state index >= 15 is 0 Å². The number of ether oxygens (including phenoxy) is 1. The fourth-order valence-electron chi connectivity index (χ4n) is 2.60. The fourth-order valence-corrected chi connectivity index (χ4v) is 2.60. The molecule has 0 aromatic heterocycles. The topological polar surface area (TPSA) is 29.5 Å². The van der Waals surface area contributed by atoms with Gasteiger partial charge in [0.15, 0.2) is 0 Å². The Labute approximate surface area is 115 Å². The van der Waals surface area contributed by atoms with Gasteiger partial charge in [-0.05, 0) is 38.8 Å². The largest absolute Gasteiger partial charge is 0.466 e. The predicted molar refractivity (Wildman–Crippen MR) is 75.8 cm³/mol. The van der Waals surface area contributed by atoms with Gasteiger partial charge in [-0.15, -0.1) is 0 Å². The molecule has 0 amide bonds. The molecular weight excluding hydrogens is 238 g/mol. The van der Waals surface area contributed by atoms with Crippen molar-refractivity contribution in [2.24, 2.45) is 5.92 Å². The highest BCUT2D eigenvalue weighted by atomic mass is 16.5. The van der Waals surface area contributed by atoms with Crippen molar-refractivity contribution in [2.75, 3.05) is 19.7 Å². The third-order valence-electron chi connectivity index (χ3n) is 3.65. The van der Waals surface area contributed by atoms with E-state index in [0.717, 1.165) is 32.5 Å². The van der Waals surface area contributed by atoms with Gasteiger partial charge in [0.1, 0.15) is 0 Å². The van der Waals surface area contributed by atoms with Crippen molar-refractivity contribution >= 4 is 5.97 Å². The van der Waals surface area contributed by atoms with Crippen molar-refractivity contribution in [1.29, 1.82) is 0 Å². The van der Waals surface area contributed by atoms with Crippen LogP contribution in [-0.4, -0.2) is 30.6 Å². The first-order valence-electron chi connectivity index (χ1n) is 7.13. The number of hydrogen-bond acceptors (Lipinski definition) is 3. The normalized spacial score (nSPS) is 20.2. The van der Waals surface area contributed by atoms with E-state index in [4.69, 9.17) is 4.74 Å². The number of nitrogens with zero attached hydrogens (tertiary/aromatic N) is 1. The zero-order valence-electron chi connectivity index (χ0n) is 11.9. The molecule has 1 aliphatic heterocycles. The lowest BCUT2D eigenvalue weighted by molar-refractivity contribution is -0.150. The predicted octanol–water partition coefficient (Wildman–Crippen LogP) is 2.77. The summed E-state index contributed by atoms with van der Waals surface area (Å²) in [6.07, 6.45) is 2.04. The molecule has 1 saturated heterocycles. The molecule has 1 aromatic rings. The van der Waals surface area contributed by atoms with Crippen LogP contribution in [0.4, 0.5) is 0 Å². The second kappa shape index (κ2) is 6.71. The van der Waals surface area contributed by atoms with Crippen LogP contribution in [0.3, 0.4) is 0 Å². The summed E-state index contributed by atoms with van der Waals surface area (Å²) in [6, 6.07) is 8.62. The standard InChI is InChI=1S/C16H23NO2/c1-3-19-16(18)15-5-4-10-17(12-15)11-14-8-6-13(2)7-9-14/h6-9,15H,3-5,10-12H2,1-2H3/t15-/m0/s1. The van der Waals surface area contributed by atoms with Gasteiger partial charge >= 0.3 is 5.97 Å². The molecule has 104 valence electrons. The number of carbonyl (C=O) groups excluding carboxylic acids is 1. The Kier molecular flexibility index (Phi) is 4.97. The average Bonchev–Trinajstić information content (AvgIpc) is 2.42. The van der Waals surface area contributed by atoms with Crippen molar-refractivity contribution in [1.82, 2.24) is 4.90 Å². The number of likely N-dealkylation sites (tertiary alicyclic amines) is 1. The minimum atomic E-state index is -0.0314. The molecule has 1 aliphatic rings. The van der Waals surface area contributed by atoms with E-state index in [0.29, 0.717) is 6.61 Å². The molecule has 0 aliphatic carbocycles. The monoisotopic (exact) mass is 261 g/mol. The number of esters is 1. The molecule has 1 heterocycles. The van der Waals surface area contributed by atoms with Gasteiger partial charge in [-0.1, -0.05) is 29.8 Å². The second-order valence-electron chi connectivity index (χ2n) is 5.31. The lowest BCUT2D eigenvalue weighted by Gasteiger charge is -2.31. The summed E-state index contributed by atoms with van der Waals surface area (Å²) in [5.41, 5.74) is 2.60. The van der Waals surface area contributed by atoms with Gasteiger partial charge in [0.2, 0.25) is 0 Å². The highest BCUT2D eigenvalue weighted by Gasteiger charge is 2.26. The molecule has 1 fully saturated rings. The number of hydrogen-bond donors (Lipinski definition) is 0. The molecule has 1 atom stereocenters. The molecule has 3 heteroatoms. The number of benzene rings is 1. The zero-order valence-corrected chi connectivity index (χ0v) is 11.9. The first kappa shape index (κ1) is 14.1. The Bertz CT molecular complexity index is 413. The van der Waals surface area contributed by atoms with Crippen LogP contribution < -0.4 is 0 Å². The third-order valence-corrected chi connectivity index (χ3v) is 3.65. The van der Waals surface area contributed by atoms with E-state index in [-0.39, 0.29) is 11.9 Å². The van der Waals surface area contributed by atoms with Crippen LogP contribution in [0.5, 0.6) is 0 Å². The summed E-state index contributed by atoms with van der Waals surface area (Å²) < 4.78 is 5.13. The van der Waals surface area contributed by atoms with Gasteiger partial charge in [-0.25, -0.2) is 0 Å². The summed E-state index contributed by atoms with van der Waals surface area (Å²) in [4.78, 5) is 14.1. The summed E-state index contributed by atoms with van der Waals surface area (Å²) >= 11 is 0. The molecule has 2 rings (SSSR count). The molecule has 1 aromatic carbocycles. The second-order valence-corrected chi connectivity index (χ2v) is 5.31. The van der Waals surface area contributed by atoms with Crippen molar-refractivity contribution < 1.29 is 9.53 Å². The van der Waals surface area contributed by atoms with Crippen LogP contribution in [0.25, 0.3) is 0 Å². The van der Waals surface area contributed by atoms with E-state index in [1.807, 2.05) is 6.92 Å². The molecule has 3 nitrogen and oxygen atoms in total. The third kappa shape index (κ3) is 4.06. The van der Waals surface area contributed by atoms with Crippen LogP contribution in [0, 0.1) is 12.8 Å². The number of rotatable bonds is 4. The fraction of sp³-hybridized carbons (Fsp3) is 0.562. The molecule has 0 unspecified atom stereocenters. The molecule has 0 saturated carbocycles. The van der Waals surface area contributed by atoms with Gasteiger partial charge in [-0.2, -0.15) is 0 Å². The lowest BCUT2D eigenvalue weighted by Crippen LogP contribution is -2.38. The van der Waals surface area contributed by atoms with E-state index in [1.54, 1.807) is 0 Å². The van der Waals surface area contributed by atoms with Crippen LogP contribution >= 0.6 is 0 Å². The van der Waals surface area contributed by atoms with Gasteiger partial charge in [0.05, 0.1) is 12.5 Å². The average molecular weight is 261 g/mol. The van der Waals surface area contributed by atoms with Gasteiger partial charge in [-0.3, -0.25) is 9.69 Å². The van der Waals surface area contributed by atoms with Crippen molar-refractivity contribution in [2.45, 2.75) is 33.2 Å². The number of piperidine rings is 1. The zero-order chi connectivity index (χ0) is 13.7. The number of aryl methyl sites for hydroxylation is 1. The molecule has 0 radical (unpaired) electrons. The maximum atomic E-state index is 11.8. The minimum Gasteiger partial charge on any atom is -0.466 e. The Morgan fingerprint density at radius 1 is 1.37 bits per heavy atom. The van der Waals surface area contributed by atoms with Crippen LogP contribution in [0.2, 0.25) is 0 Å². The Balaban J connectivity index is 1.90.